The molecule has 12 aromatic rings. The zero-order valence-corrected chi connectivity index (χ0v) is 36.3. The fraction of sp³-hybridized carbons (Fsp3) is 0.0164. The summed E-state index contributed by atoms with van der Waals surface area (Å²) in [4.78, 5) is 14.2. The number of aryl methyl sites for hydroxylation is 1. The Morgan fingerprint density at radius 1 is 0.364 bits per heavy atom. The molecule has 5 nitrogen and oxygen atoms in total. The Hall–Kier alpha value is -8.80. The standard InChI is InChI=1S/C61H43N5/c1-42-36-44(47-37-46-28-27-43-17-15-35-62-60(43)61(46)63-41-47)29-32-55(42)45-16-14-26-52(38-45)66-58-33-30-53(64(48-18-6-2-7-19-48)49-20-8-3-9-21-49)39-56(58)57-40-54(31-34-59(57)66)65(50-22-10-4-11-23-50)51-24-12-5-13-25-51/h2-41H,1H3. The quantitative estimate of drug-likeness (QED) is 0.136. The van der Waals surface area contributed by atoms with E-state index in [-0.39, 0.29) is 0 Å². The number of benzene rings is 9. The zero-order valence-electron chi connectivity index (χ0n) is 36.3. The SMILES string of the molecule is Cc1cc(-c2cnc3c(ccc4cccnc43)c2)ccc1-c1cccc(-n2c3ccc(N(c4ccccc4)c4ccccc4)cc3c3cc(N(c4ccccc4)c4ccccc4)ccc32)c1. The summed E-state index contributed by atoms with van der Waals surface area (Å²) < 4.78 is 2.43. The van der Waals surface area contributed by atoms with Gasteiger partial charge in [-0.05, 0) is 138 Å². The molecular weight excluding hydrogens is 803 g/mol. The molecule has 12 rings (SSSR count). The first-order valence-corrected chi connectivity index (χ1v) is 22.4. The van der Waals surface area contributed by atoms with Crippen molar-refractivity contribution in [2.75, 3.05) is 9.80 Å². The number of aromatic nitrogens is 3. The van der Waals surface area contributed by atoms with Crippen LogP contribution >= 0.6 is 0 Å². The Morgan fingerprint density at radius 3 is 1.47 bits per heavy atom. The van der Waals surface area contributed by atoms with Gasteiger partial charge in [-0.15, -0.1) is 0 Å². The van der Waals surface area contributed by atoms with E-state index in [1.54, 1.807) is 0 Å². The number of pyridine rings is 2. The van der Waals surface area contributed by atoms with E-state index in [2.05, 4.69) is 251 Å². The maximum Gasteiger partial charge on any atom is 0.0964 e. The van der Waals surface area contributed by atoms with Crippen molar-refractivity contribution in [2.45, 2.75) is 6.92 Å². The number of nitrogens with zero attached hydrogens (tertiary/aromatic N) is 5. The number of hydrogen-bond acceptors (Lipinski definition) is 4. The highest BCUT2D eigenvalue weighted by molar-refractivity contribution is 6.12. The van der Waals surface area contributed by atoms with Gasteiger partial charge in [-0.25, -0.2) is 0 Å². The molecule has 312 valence electrons. The van der Waals surface area contributed by atoms with Gasteiger partial charge in [0.1, 0.15) is 0 Å². The van der Waals surface area contributed by atoms with E-state index in [0.29, 0.717) is 0 Å². The number of hydrogen-bond donors (Lipinski definition) is 0. The Balaban J connectivity index is 1.00. The van der Waals surface area contributed by atoms with Crippen LogP contribution in [0.5, 0.6) is 0 Å². The fourth-order valence-corrected chi connectivity index (χ4v) is 9.63. The lowest BCUT2D eigenvalue weighted by Crippen LogP contribution is -2.09. The molecule has 0 amide bonds. The van der Waals surface area contributed by atoms with Crippen molar-refractivity contribution >= 4 is 77.7 Å². The Morgan fingerprint density at radius 2 is 0.909 bits per heavy atom. The van der Waals surface area contributed by atoms with Gasteiger partial charge in [-0.3, -0.25) is 9.97 Å². The molecular formula is C61H43N5. The normalized spacial score (nSPS) is 11.4. The molecule has 0 aliphatic heterocycles. The molecule has 5 heteroatoms. The van der Waals surface area contributed by atoms with Crippen LogP contribution in [0.1, 0.15) is 5.56 Å². The van der Waals surface area contributed by atoms with Crippen molar-refractivity contribution in [3.63, 3.8) is 0 Å². The maximum atomic E-state index is 4.91. The Kier molecular flexibility index (Phi) is 9.65. The Bertz CT molecular complexity index is 3500. The summed E-state index contributed by atoms with van der Waals surface area (Å²) >= 11 is 0. The molecule has 66 heavy (non-hydrogen) atoms. The van der Waals surface area contributed by atoms with Gasteiger partial charge >= 0.3 is 0 Å². The van der Waals surface area contributed by atoms with Crippen molar-refractivity contribution in [1.29, 1.82) is 0 Å². The van der Waals surface area contributed by atoms with E-state index in [9.17, 15) is 0 Å². The van der Waals surface area contributed by atoms with Crippen LogP contribution in [0.15, 0.2) is 243 Å². The minimum Gasteiger partial charge on any atom is -0.310 e. The average molecular weight is 846 g/mol. The van der Waals surface area contributed by atoms with Gasteiger partial charge in [-0.1, -0.05) is 121 Å². The molecule has 0 N–H and O–H groups in total. The lowest BCUT2D eigenvalue weighted by molar-refractivity contribution is 1.18. The molecule has 0 unspecified atom stereocenters. The number of fused-ring (bicyclic) bond motifs is 6. The average Bonchev–Trinajstić information content (AvgIpc) is 3.70. The second kappa shape index (κ2) is 16.4. The van der Waals surface area contributed by atoms with E-state index in [0.717, 1.165) is 89.3 Å². The van der Waals surface area contributed by atoms with Crippen molar-refractivity contribution in [2.24, 2.45) is 0 Å². The summed E-state index contributed by atoms with van der Waals surface area (Å²) in [6, 6.07) is 82.6. The first kappa shape index (κ1) is 38.8. The highest BCUT2D eigenvalue weighted by atomic mass is 15.1. The van der Waals surface area contributed by atoms with Gasteiger partial charge in [0.2, 0.25) is 0 Å². The molecule has 3 aromatic heterocycles. The molecule has 0 saturated carbocycles. The molecule has 0 bridgehead atoms. The summed E-state index contributed by atoms with van der Waals surface area (Å²) in [5.41, 5.74) is 17.6. The van der Waals surface area contributed by atoms with Crippen LogP contribution < -0.4 is 9.80 Å². The van der Waals surface area contributed by atoms with E-state index in [1.165, 1.54) is 21.9 Å². The summed E-state index contributed by atoms with van der Waals surface area (Å²) in [7, 11) is 0. The van der Waals surface area contributed by atoms with Crippen molar-refractivity contribution in [1.82, 2.24) is 14.5 Å². The van der Waals surface area contributed by atoms with Crippen LogP contribution in [0.2, 0.25) is 0 Å². The van der Waals surface area contributed by atoms with Crippen LogP contribution in [-0.4, -0.2) is 14.5 Å². The predicted octanol–water partition coefficient (Wildman–Crippen LogP) is 16.5. The van der Waals surface area contributed by atoms with E-state index >= 15 is 0 Å². The highest BCUT2D eigenvalue weighted by Crippen LogP contribution is 2.43. The molecule has 0 spiro atoms. The van der Waals surface area contributed by atoms with Crippen molar-refractivity contribution in [3.05, 3.63) is 248 Å². The van der Waals surface area contributed by atoms with E-state index in [4.69, 9.17) is 4.98 Å². The maximum absolute atomic E-state index is 4.91. The summed E-state index contributed by atoms with van der Waals surface area (Å²) in [5, 5.41) is 4.51. The third-order valence-corrected chi connectivity index (χ3v) is 12.7. The predicted molar refractivity (Wildman–Crippen MR) is 276 cm³/mol. The molecule has 0 fully saturated rings. The zero-order chi connectivity index (χ0) is 44.0. The minimum absolute atomic E-state index is 0.925. The van der Waals surface area contributed by atoms with Crippen LogP contribution in [0.3, 0.4) is 0 Å². The van der Waals surface area contributed by atoms with Gasteiger partial charge in [0.15, 0.2) is 0 Å². The van der Waals surface area contributed by atoms with E-state index < -0.39 is 0 Å². The van der Waals surface area contributed by atoms with Crippen LogP contribution in [0.4, 0.5) is 34.1 Å². The second-order valence-electron chi connectivity index (χ2n) is 16.8. The molecule has 0 saturated heterocycles. The first-order chi connectivity index (χ1) is 32.6. The lowest BCUT2D eigenvalue weighted by atomic mass is 9.95. The fourth-order valence-electron chi connectivity index (χ4n) is 9.63. The van der Waals surface area contributed by atoms with E-state index in [1.807, 2.05) is 18.5 Å². The third kappa shape index (κ3) is 6.91. The molecule has 0 aliphatic carbocycles. The molecule has 3 heterocycles. The van der Waals surface area contributed by atoms with Crippen LogP contribution in [0, 0.1) is 6.92 Å². The molecule has 0 radical (unpaired) electrons. The molecule has 9 aromatic carbocycles. The summed E-state index contributed by atoms with van der Waals surface area (Å²) in [6.07, 6.45) is 3.81. The van der Waals surface area contributed by atoms with Crippen molar-refractivity contribution < 1.29 is 0 Å². The number of para-hydroxylation sites is 4. The van der Waals surface area contributed by atoms with Gasteiger partial charge in [-0.2, -0.15) is 0 Å². The van der Waals surface area contributed by atoms with Gasteiger partial charge in [0.05, 0.1) is 22.1 Å². The van der Waals surface area contributed by atoms with Crippen molar-refractivity contribution in [3.8, 4) is 27.9 Å². The minimum atomic E-state index is 0.925. The topological polar surface area (TPSA) is 37.2 Å². The smallest absolute Gasteiger partial charge is 0.0964 e. The monoisotopic (exact) mass is 845 g/mol. The highest BCUT2D eigenvalue weighted by Gasteiger charge is 2.20. The van der Waals surface area contributed by atoms with Gasteiger partial charge in [0, 0.05) is 79.3 Å². The third-order valence-electron chi connectivity index (χ3n) is 12.7. The first-order valence-electron chi connectivity index (χ1n) is 22.4. The second-order valence-corrected chi connectivity index (χ2v) is 16.8. The number of rotatable bonds is 9. The van der Waals surface area contributed by atoms with Crippen LogP contribution in [-0.2, 0) is 0 Å². The molecule has 0 aliphatic rings. The van der Waals surface area contributed by atoms with Gasteiger partial charge in [0.25, 0.3) is 0 Å². The largest absolute Gasteiger partial charge is 0.310 e. The van der Waals surface area contributed by atoms with Gasteiger partial charge < -0.3 is 14.4 Å². The molecule has 0 atom stereocenters. The number of anilines is 6. The lowest BCUT2D eigenvalue weighted by Gasteiger charge is -2.26. The Labute approximate surface area is 383 Å². The summed E-state index contributed by atoms with van der Waals surface area (Å²) in [6.45, 7) is 2.21. The summed E-state index contributed by atoms with van der Waals surface area (Å²) in [5.74, 6) is 0. The van der Waals surface area contributed by atoms with Crippen LogP contribution in [0.25, 0.3) is 71.6 Å².